The first-order valence-electron chi connectivity index (χ1n) is 11.3. The number of nitrogens with zero attached hydrogens (tertiary/aromatic N) is 4. The van der Waals surface area contributed by atoms with E-state index < -0.39 is 11.9 Å². The summed E-state index contributed by atoms with van der Waals surface area (Å²) in [5, 5.41) is 19.7. The molecule has 4 aromatic rings. The number of pyridine rings is 1. The lowest BCUT2D eigenvalue weighted by Crippen LogP contribution is -2.36. The molecule has 2 aromatic carbocycles. The van der Waals surface area contributed by atoms with Crippen molar-refractivity contribution in [1.29, 1.82) is 0 Å². The second-order valence-electron chi connectivity index (χ2n) is 8.27. The second kappa shape index (κ2) is 10.2. The second-order valence-corrected chi connectivity index (χ2v) is 8.68. The highest BCUT2D eigenvalue weighted by Crippen LogP contribution is 2.38. The van der Waals surface area contributed by atoms with Gasteiger partial charge < -0.3 is 24.2 Å². The normalized spacial score (nSPS) is 14.6. The molecule has 1 atom stereocenters. The van der Waals surface area contributed by atoms with Crippen molar-refractivity contribution in [3.63, 3.8) is 0 Å². The monoisotopic (exact) mass is 510 g/mol. The third-order valence-electron chi connectivity index (χ3n) is 6.18. The van der Waals surface area contributed by atoms with Crippen molar-refractivity contribution < 1.29 is 23.7 Å². The Labute approximate surface area is 212 Å². The number of ether oxygens (including phenoxy) is 3. The van der Waals surface area contributed by atoms with Crippen molar-refractivity contribution >= 4 is 28.2 Å². The predicted octanol–water partition coefficient (Wildman–Crippen LogP) is 4.42. The van der Waals surface area contributed by atoms with E-state index in [1.54, 1.807) is 18.2 Å². The number of anilines is 1. The zero-order valence-corrected chi connectivity index (χ0v) is 20.5. The summed E-state index contributed by atoms with van der Waals surface area (Å²) in [5.74, 6) is 0.112. The van der Waals surface area contributed by atoms with Crippen LogP contribution in [0.1, 0.15) is 17.4 Å². The van der Waals surface area contributed by atoms with Crippen LogP contribution in [-0.4, -0.2) is 60.8 Å². The number of morpholine rings is 1. The summed E-state index contributed by atoms with van der Waals surface area (Å²) in [7, 11) is 2.99. The third kappa shape index (κ3) is 4.65. The van der Waals surface area contributed by atoms with Crippen LogP contribution in [0.2, 0.25) is 5.02 Å². The Kier molecular flexibility index (Phi) is 6.86. The number of fused-ring (bicyclic) bond motifs is 1. The van der Waals surface area contributed by atoms with Gasteiger partial charge in [-0.3, -0.25) is 0 Å². The maximum absolute atomic E-state index is 15.3. The largest absolute Gasteiger partial charge is 0.481 e. The standard InChI is InChI=1S/C26H24ClFN4O4/c1-34-24-6-5-22(30-31-24)26(33)19-12-18(21(28)14-20(19)27)17-13-25(35-2)29-23-11-15(3-4-16(17)23)32-7-9-36-10-8-32/h3-6,11-14,26,33H,7-10H2,1-2H3/t26-/m1/s1. The zero-order valence-electron chi connectivity index (χ0n) is 19.7. The van der Waals surface area contributed by atoms with Gasteiger partial charge in [0.1, 0.15) is 11.9 Å². The molecule has 1 saturated heterocycles. The Morgan fingerprint density at radius 2 is 1.75 bits per heavy atom. The fourth-order valence-electron chi connectivity index (χ4n) is 4.26. The predicted molar refractivity (Wildman–Crippen MR) is 134 cm³/mol. The molecule has 1 N–H and O–H groups in total. The summed E-state index contributed by atoms with van der Waals surface area (Å²) in [6.45, 7) is 2.89. The number of aromatic nitrogens is 3. The number of halogens is 2. The minimum absolute atomic E-state index is 0.0706. The molecule has 5 rings (SSSR count). The van der Waals surface area contributed by atoms with E-state index in [9.17, 15) is 5.11 Å². The molecule has 1 aliphatic heterocycles. The SMILES string of the molecule is COc1ccc([C@H](O)c2cc(-c3cc(OC)nc4cc(N5CCOCC5)ccc34)c(F)cc2Cl)nn1. The fraction of sp³-hybridized carbons (Fsp3) is 0.269. The van der Waals surface area contributed by atoms with Crippen LogP contribution < -0.4 is 14.4 Å². The molecule has 0 saturated carbocycles. The lowest BCUT2D eigenvalue weighted by Gasteiger charge is -2.29. The van der Waals surface area contributed by atoms with Crippen molar-refractivity contribution in [2.75, 3.05) is 45.4 Å². The number of aliphatic hydroxyl groups excluding tert-OH is 1. The van der Waals surface area contributed by atoms with Crippen molar-refractivity contribution in [2.24, 2.45) is 0 Å². The van der Waals surface area contributed by atoms with E-state index in [0.717, 1.165) is 24.2 Å². The van der Waals surface area contributed by atoms with Gasteiger partial charge in [-0.05, 0) is 35.9 Å². The van der Waals surface area contributed by atoms with Crippen LogP contribution in [0.5, 0.6) is 11.8 Å². The Hall–Kier alpha value is -3.53. The molecule has 2 aromatic heterocycles. The first-order chi connectivity index (χ1) is 17.5. The average Bonchev–Trinajstić information content (AvgIpc) is 2.92. The van der Waals surface area contributed by atoms with Gasteiger partial charge in [-0.15, -0.1) is 10.2 Å². The van der Waals surface area contributed by atoms with Crippen molar-refractivity contribution in [3.8, 4) is 22.9 Å². The minimum atomic E-state index is -1.22. The van der Waals surface area contributed by atoms with E-state index in [2.05, 4.69) is 20.1 Å². The summed E-state index contributed by atoms with van der Waals surface area (Å²) >= 11 is 6.35. The molecule has 0 amide bonds. The number of benzene rings is 2. The van der Waals surface area contributed by atoms with Crippen LogP contribution in [0.15, 0.2) is 48.5 Å². The van der Waals surface area contributed by atoms with Gasteiger partial charge in [-0.2, -0.15) is 0 Å². The van der Waals surface area contributed by atoms with Crippen LogP contribution in [-0.2, 0) is 4.74 Å². The van der Waals surface area contributed by atoms with Crippen LogP contribution in [0.4, 0.5) is 10.1 Å². The van der Waals surface area contributed by atoms with E-state index in [1.165, 1.54) is 26.4 Å². The molecule has 186 valence electrons. The molecule has 1 fully saturated rings. The summed E-state index contributed by atoms with van der Waals surface area (Å²) in [5.41, 5.74) is 3.02. The topological polar surface area (TPSA) is 89.8 Å². The highest BCUT2D eigenvalue weighted by Gasteiger charge is 2.22. The number of methoxy groups -OCH3 is 2. The molecular formula is C26H24ClFN4O4. The van der Waals surface area contributed by atoms with Crippen molar-refractivity contribution in [2.45, 2.75) is 6.10 Å². The maximum atomic E-state index is 15.3. The van der Waals surface area contributed by atoms with Crippen LogP contribution >= 0.6 is 11.6 Å². The van der Waals surface area contributed by atoms with Crippen LogP contribution in [0.25, 0.3) is 22.0 Å². The quantitative estimate of drug-likeness (QED) is 0.408. The molecule has 1 aliphatic rings. The van der Waals surface area contributed by atoms with Gasteiger partial charge >= 0.3 is 0 Å². The molecule has 0 unspecified atom stereocenters. The minimum Gasteiger partial charge on any atom is -0.481 e. The molecule has 3 heterocycles. The van der Waals surface area contributed by atoms with Gasteiger partial charge in [0.15, 0.2) is 0 Å². The van der Waals surface area contributed by atoms with E-state index in [4.69, 9.17) is 25.8 Å². The Bertz CT molecular complexity index is 1400. The number of rotatable bonds is 6. The molecule has 36 heavy (non-hydrogen) atoms. The Morgan fingerprint density at radius 1 is 0.972 bits per heavy atom. The average molecular weight is 511 g/mol. The summed E-state index contributed by atoms with van der Waals surface area (Å²) in [6.07, 6.45) is -1.22. The lowest BCUT2D eigenvalue weighted by atomic mass is 9.96. The van der Waals surface area contributed by atoms with Crippen molar-refractivity contribution in [3.05, 3.63) is 70.6 Å². The first kappa shape index (κ1) is 24.2. The molecule has 0 spiro atoms. The first-order valence-corrected chi connectivity index (χ1v) is 11.7. The Morgan fingerprint density at radius 3 is 2.44 bits per heavy atom. The van der Waals surface area contributed by atoms with Crippen molar-refractivity contribution in [1.82, 2.24) is 15.2 Å². The zero-order chi connectivity index (χ0) is 25.2. The number of hydrogen-bond donors (Lipinski definition) is 1. The Balaban J connectivity index is 1.61. The van der Waals surface area contributed by atoms with Crippen LogP contribution in [0, 0.1) is 5.82 Å². The summed E-state index contributed by atoms with van der Waals surface area (Å²) < 4.78 is 31.2. The van der Waals surface area contributed by atoms with Gasteiger partial charge in [0.2, 0.25) is 11.8 Å². The van der Waals surface area contributed by atoms with Gasteiger partial charge in [0.25, 0.3) is 0 Å². The van der Waals surface area contributed by atoms with Gasteiger partial charge in [-0.25, -0.2) is 9.37 Å². The number of aliphatic hydroxyl groups is 1. The number of hydrogen-bond acceptors (Lipinski definition) is 8. The molecule has 8 nitrogen and oxygen atoms in total. The maximum Gasteiger partial charge on any atom is 0.233 e. The molecular weight excluding hydrogens is 487 g/mol. The fourth-order valence-corrected chi connectivity index (χ4v) is 4.52. The molecule has 0 radical (unpaired) electrons. The van der Waals surface area contributed by atoms with E-state index in [1.807, 2.05) is 18.2 Å². The highest BCUT2D eigenvalue weighted by molar-refractivity contribution is 6.31. The summed E-state index contributed by atoms with van der Waals surface area (Å²) in [6, 6.07) is 13.4. The van der Waals surface area contributed by atoms with Gasteiger partial charge in [-0.1, -0.05) is 17.7 Å². The van der Waals surface area contributed by atoms with E-state index in [0.29, 0.717) is 41.6 Å². The molecule has 0 bridgehead atoms. The van der Waals surface area contributed by atoms with E-state index in [-0.39, 0.29) is 16.3 Å². The van der Waals surface area contributed by atoms with Crippen LogP contribution in [0.3, 0.4) is 0 Å². The third-order valence-corrected chi connectivity index (χ3v) is 6.50. The van der Waals surface area contributed by atoms with E-state index >= 15 is 4.39 Å². The van der Waals surface area contributed by atoms with Gasteiger partial charge in [0, 0.05) is 52.4 Å². The smallest absolute Gasteiger partial charge is 0.233 e. The van der Waals surface area contributed by atoms with Gasteiger partial charge in [0.05, 0.1) is 38.6 Å². The lowest BCUT2D eigenvalue weighted by molar-refractivity contribution is 0.122. The highest BCUT2D eigenvalue weighted by atomic mass is 35.5. The molecule has 10 heteroatoms. The summed E-state index contributed by atoms with van der Waals surface area (Å²) in [4.78, 5) is 6.82. The molecule has 0 aliphatic carbocycles.